The van der Waals surface area contributed by atoms with Crippen LogP contribution in [0.1, 0.15) is 13.3 Å². The standard InChI is InChI=1S/C17H13BrFNO4/c1-2-12(17(21)22)23-13-8-7-10-15(20-24-16(10)14(13)18)9-5-3-4-6-11(9)19/h3-8,12H,2H2,1H3,(H,21,22). The van der Waals surface area contributed by atoms with Gasteiger partial charge in [0.25, 0.3) is 0 Å². The summed E-state index contributed by atoms with van der Waals surface area (Å²) in [6.45, 7) is 1.72. The van der Waals surface area contributed by atoms with E-state index in [1.165, 1.54) is 6.07 Å². The van der Waals surface area contributed by atoms with Crippen molar-refractivity contribution in [3.05, 3.63) is 46.7 Å². The fraction of sp³-hybridized carbons (Fsp3) is 0.176. The highest BCUT2D eigenvalue weighted by Gasteiger charge is 2.22. The van der Waals surface area contributed by atoms with Crippen LogP contribution < -0.4 is 4.74 Å². The molecule has 0 amide bonds. The quantitative estimate of drug-likeness (QED) is 0.683. The minimum absolute atomic E-state index is 0.316. The molecule has 2 aromatic carbocycles. The predicted molar refractivity (Wildman–Crippen MR) is 89.4 cm³/mol. The number of nitrogens with zero attached hydrogens (tertiary/aromatic N) is 1. The molecule has 0 spiro atoms. The number of carboxylic acids is 1. The van der Waals surface area contributed by atoms with Crippen molar-refractivity contribution in [2.75, 3.05) is 0 Å². The Morgan fingerprint density at radius 1 is 1.38 bits per heavy atom. The molecule has 0 bridgehead atoms. The van der Waals surface area contributed by atoms with Crippen LogP contribution >= 0.6 is 15.9 Å². The Balaban J connectivity index is 2.06. The van der Waals surface area contributed by atoms with Crippen LogP contribution in [0.15, 0.2) is 45.4 Å². The third-order valence-corrected chi connectivity index (χ3v) is 4.34. The van der Waals surface area contributed by atoms with E-state index < -0.39 is 17.9 Å². The van der Waals surface area contributed by atoms with Gasteiger partial charge in [-0.1, -0.05) is 24.2 Å². The molecular weight excluding hydrogens is 381 g/mol. The van der Waals surface area contributed by atoms with Gasteiger partial charge in [-0.2, -0.15) is 0 Å². The predicted octanol–water partition coefficient (Wildman–Crippen LogP) is 4.64. The molecule has 0 fully saturated rings. The van der Waals surface area contributed by atoms with Crippen LogP contribution in [0.25, 0.3) is 22.2 Å². The highest BCUT2D eigenvalue weighted by molar-refractivity contribution is 9.10. The van der Waals surface area contributed by atoms with Crippen LogP contribution in [0.3, 0.4) is 0 Å². The van der Waals surface area contributed by atoms with Gasteiger partial charge in [-0.15, -0.1) is 0 Å². The smallest absolute Gasteiger partial charge is 0.344 e. The number of aliphatic carboxylic acids is 1. The zero-order valence-electron chi connectivity index (χ0n) is 12.6. The second-order valence-corrected chi connectivity index (χ2v) is 5.91. The van der Waals surface area contributed by atoms with Crippen molar-refractivity contribution >= 4 is 32.9 Å². The monoisotopic (exact) mass is 393 g/mol. The molecule has 0 saturated carbocycles. The summed E-state index contributed by atoms with van der Waals surface area (Å²) in [6.07, 6.45) is -0.649. The second-order valence-electron chi connectivity index (χ2n) is 5.12. The van der Waals surface area contributed by atoms with Gasteiger partial charge in [0, 0.05) is 5.56 Å². The summed E-state index contributed by atoms with van der Waals surface area (Å²) in [4.78, 5) is 11.1. The van der Waals surface area contributed by atoms with E-state index in [4.69, 9.17) is 14.4 Å². The van der Waals surface area contributed by atoms with Gasteiger partial charge in [0.05, 0.1) is 5.39 Å². The topological polar surface area (TPSA) is 72.6 Å². The molecule has 0 aliphatic rings. The number of fused-ring (bicyclic) bond motifs is 1. The van der Waals surface area contributed by atoms with Gasteiger partial charge >= 0.3 is 5.97 Å². The van der Waals surface area contributed by atoms with E-state index in [1.54, 1.807) is 37.3 Å². The molecule has 1 unspecified atom stereocenters. The van der Waals surface area contributed by atoms with Crippen LogP contribution in [0.5, 0.6) is 5.75 Å². The van der Waals surface area contributed by atoms with Crippen LogP contribution in [0.4, 0.5) is 4.39 Å². The minimum atomic E-state index is -1.05. The summed E-state index contributed by atoms with van der Waals surface area (Å²) in [5, 5.41) is 13.6. The fourth-order valence-electron chi connectivity index (χ4n) is 2.35. The van der Waals surface area contributed by atoms with Crippen molar-refractivity contribution in [3.8, 4) is 17.0 Å². The average Bonchev–Trinajstić information content (AvgIpc) is 2.99. The normalized spacial score (nSPS) is 12.3. The molecule has 1 N–H and O–H groups in total. The molecule has 0 radical (unpaired) electrons. The molecule has 0 saturated heterocycles. The Kier molecular flexibility index (Phi) is 4.53. The highest BCUT2D eigenvalue weighted by Crippen LogP contribution is 2.38. The van der Waals surface area contributed by atoms with Gasteiger partial charge < -0.3 is 14.4 Å². The molecule has 0 aliphatic carbocycles. The van der Waals surface area contributed by atoms with E-state index in [1.807, 2.05) is 0 Å². The van der Waals surface area contributed by atoms with Gasteiger partial charge in [-0.3, -0.25) is 0 Å². The number of halogens is 2. The third-order valence-electron chi connectivity index (χ3n) is 3.59. The van der Waals surface area contributed by atoms with Crippen molar-refractivity contribution in [1.82, 2.24) is 5.16 Å². The van der Waals surface area contributed by atoms with Crippen molar-refractivity contribution < 1.29 is 23.6 Å². The first-order valence-electron chi connectivity index (χ1n) is 7.25. The van der Waals surface area contributed by atoms with E-state index >= 15 is 0 Å². The number of hydrogen-bond donors (Lipinski definition) is 1. The summed E-state index contributed by atoms with van der Waals surface area (Å²) in [6, 6.07) is 9.55. The average molecular weight is 394 g/mol. The SMILES string of the molecule is CCC(Oc1ccc2c(-c3ccccc3F)noc2c1Br)C(=O)O. The molecule has 3 aromatic rings. The molecule has 3 rings (SSSR count). The maximum Gasteiger partial charge on any atom is 0.344 e. The molecule has 0 aliphatic heterocycles. The number of carboxylic acid groups (broad SMARTS) is 1. The van der Waals surface area contributed by atoms with E-state index in [-0.39, 0.29) is 0 Å². The Labute approximate surface area is 145 Å². The van der Waals surface area contributed by atoms with Gasteiger partial charge in [-0.05, 0) is 46.6 Å². The molecule has 124 valence electrons. The molecule has 7 heteroatoms. The number of hydrogen-bond acceptors (Lipinski definition) is 4. The fourth-order valence-corrected chi connectivity index (χ4v) is 2.87. The van der Waals surface area contributed by atoms with Crippen molar-refractivity contribution in [2.24, 2.45) is 0 Å². The Morgan fingerprint density at radius 3 is 2.79 bits per heavy atom. The molecule has 1 heterocycles. The summed E-state index contributed by atoms with van der Waals surface area (Å²) in [7, 11) is 0. The Morgan fingerprint density at radius 2 is 2.12 bits per heavy atom. The van der Waals surface area contributed by atoms with E-state index in [0.29, 0.717) is 38.9 Å². The largest absolute Gasteiger partial charge is 0.479 e. The van der Waals surface area contributed by atoms with Crippen LogP contribution in [0, 0.1) is 5.82 Å². The van der Waals surface area contributed by atoms with E-state index in [9.17, 15) is 9.18 Å². The first-order chi connectivity index (χ1) is 11.5. The number of ether oxygens (including phenoxy) is 1. The first kappa shape index (κ1) is 16.4. The van der Waals surface area contributed by atoms with Crippen molar-refractivity contribution in [1.29, 1.82) is 0 Å². The number of rotatable bonds is 5. The molecule has 1 atom stereocenters. The molecule has 5 nitrogen and oxygen atoms in total. The summed E-state index contributed by atoms with van der Waals surface area (Å²) < 4.78 is 25.2. The Bertz CT molecular complexity index is 909. The van der Waals surface area contributed by atoms with Crippen LogP contribution in [0.2, 0.25) is 0 Å². The lowest BCUT2D eigenvalue weighted by Gasteiger charge is -2.14. The zero-order chi connectivity index (χ0) is 17.3. The maximum absolute atomic E-state index is 14.0. The van der Waals surface area contributed by atoms with Gasteiger partial charge in [-0.25, -0.2) is 9.18 Å². The van der Waals surface area contributed by atoms with Gasteiger partial charge in [0.15, 0.2) is 11.7 Å². The minimum Gasteiger partial charge on any atom is -0.479 e. The number of benzene rings is 2. The summed E-state index contributed by atoms with van der Waals surface area (Å²) in [5.74, 6) is -1.12. The maximum atomic E-state index is 14.0. The first-order valence-corrected chi connectivity index (χ1v) is 8.04. The van der Waals surface area contributed by atoms with Gasteiger partial charge in [0.2, 0.25) is 0 Å². The second kappa shape index (κ2) is 6.60. The van der Waals surface area contributed by atoms with E-state index in [2.05, 4.69) is 21.1 Å². The van der Waals surface area contributed by atoms with E-state index in [0.717, 1.165) is 0 Å². The molecular formula is C17H13BrFNO4. The summed E-state index contributed by atoms with van der Waals surface area (Å²) in [5.41, 5.74) is 1.07. The lowest BCUT2D eigenvalue weighted by atomic mass is 10.1. The van der Waals surface area contributed by atoms with Crippen molar-refractivity contribution in [2.45, 2.75) is 19.4 Å². The molecule has 1 aromatic heterocycles. The van der Waals surface area contributed by atoms with Gasteiger partial charge in [0.1, 0.15) is 21.7 Å². The lowest BCUT2D eigenvalue weighted by molar-refractivity contribution is -0.145. The molecule has 24 heavy (non-hydrogen) atoms. The van der Waals surface area contributed by atoms with Crippen LogP contribution in [-0.2, 0) is 4.79 Å². The van der Waals surface area contributed by atoms with Crippen LogP contribution in [-0.4, -0.2) is 22.3 Å². The number of aromatic nitrogens is 1. The highest BCUT2D eigenvalue weighted by atomic mass is 79.9. The zero-order valence-corrected chi connectivity index (χ0v) is 14.2. The number of carbonyl (C=O) groups is 1. The third kappa shape index (κ3) is 2.87. The lowest BCUT2D eigenvalue weighted by Crippen LogP contribution is -2.26. The van der Waals surface area contributed by atoms with Crippen molar-refractivity contribution in [3.63, 3.8) is 0 Å². The summed E-state index contributed by atoms with van der Waals surface area (Å²) >= 11 is 3.35. The Hall–Kier alpha value is -2.41.